The Labute approximate surface area is 167 Å². The van der Waals surface area contributed by atoms with Crippen LogP contribution in [0.4, 0.5) is 0 Å². The molecule has 0 saturated carbocycles. The second-order valence-electron chi connectivity index (χ2n) is 8.30. The fraction of sp³-hybridized carbons (Fsp3) is 0.846. The summed E-state index contributed by atoms with van der Waals surface area (Å²) in [5.74, 6) is 0.780. The van der Waals surface area contributed by atoms with E-state index in [4.69, 9.17) is 0 Å². The molecule has 0 fully saturated rings. The van der Waals surface area contributed by atoms with Gasteiger partial charge >= 0.3 is 0 Å². The lowest BCUT2D eigenvalue weighted by molar-refractivity contribution is 0.530. The smallest absolute Gasteiger partial charge is 0.0330 e. The molecule has 0 heteroatoms. The minimum absolute atomic E-state index is 0.780. The largest absolute Gasteiger partial charge is 0.103 e. The van der Waals surface area contributed by atoms with Crippen LogP contribution in [0.5, 0.6) is 0 Å². The molecule has 0 aromatic heterocycles. The molecule has 0 unspecified atom stereocenters. The summed E-state index contributed by atoms with van der Waals surface area (Å²) in [4.78, 5) is 0. The molecule has 156 valence electrons. The SMILES string of the molecule is C=CCC(C)C.C=CCCCCCCCCCCCCCCCCCC. The molecular formula is C26H52. The Morgan fingerprint density at radius 1 is 0.538 bits per heavy atom. The first-order valence-electron chi connectivity index (χ1n) is 11.9. The van der Waals surface area contributed by atoms with Crippen molar-refractivity contribution in [3.8, 4) is 0 Å². The molecule has 0 nitrogen and oxygen atoms in total. The van der Waals surface area contributed by atoms with Gasteiger partial charge in [0, 0.05) is 0 Å². The highest BCUT2D eigenvalue weighted by atomic mass is 14.0. The van der Waals surface area contributed by atoms with Gasteiger partial charge in [-0.2, -0.15) is 0 Å². The molecule has 0 saturated heterocycles. The van der Waals surface area contributed by atoms with E-state index < -0.39 is 0 Å². The van der Waals surface area contributed by atoms with Gasteiger partial charge in [0.2, 0.25) is 0 Å². The Morgan fingerprint density at radius 2 is 0.885 bits per heavy atom. The van der Waals surface area contributed by atoms with E-state index in [1.165, 1.54) is 109 Å². The van der Waals surface area contributed by atoms with Gasteiger partial charge in [-0.15, -0.1) is 13.2 Å². The van der Waals surface area contributed by atoms with Gasteiger partial charge in [0.1, 0.15) is 0 Å². The highest BCUT2D eigenvalue weighted by molar-refractivity contribution is 4.67. The minimum Gasteiger partial charge on any atom is -0.103 e. The van der Waals surface area contributed by atoms with E-state index in [9.17, 15) is 0 Å². The first kappa shape index (κ1) is 27.7. The summed E-state index contributed by atoms with van der Waals surface area (Å²) in [7, 11) is 0. The maximum atomic E-state index is 3.77. The molecule has 0 aliphatic heterocycles. The van der Waals surface area contributed by atoms with Gasteiger partial charge < -0.3 is 0 Å². The van der Waals surface area contributed by atoms with Crippen LogP contribution >= 0.6 is 0 Å². The van der Waals surface area contributed by atoms with Crippen molar-refractivity contribution in [3.05, 3.63) is 25.3 Å². The third-order valence-corrected chi connectivity index (χ3v) is 4.90. The zero-order valence-electron chi connectivity index (χ0n) is 18.9. The van der Waals surface area contributed by atoms with E-state index in [2.05, 4.69) is 33.9 Å². The van der Waals surface area contributed by atoms with Gasteiger partial charge in [-0.1, -0.05) is 129 Å². The molecule has 0 heterocycles. The molecular weight excluding hydrogens is 312 g/mol. The molecule has 0 aromatic rings. The summed E-state index contributed by atoms with van der Waals surface area (Å²) in [6.45, 7) is 14.0. The molecule has 0 bridgehead atoms. The zero-order chi connectivity index (χ0) is 19.7. The van der Waals surface area contributed by atoms with E-state index in [0.717, 1.165) is 12.3 Å². The van der Waals surface area contributed by atoms with Crippen LogP contribution in [-0.2, 0) is 0 Å². The molecule has 0 spiro atoms. The van der Waals surface area contributed by atoms with Gasteiger partial charge in [-0.25, -0.2) is 0 Å². The Balaban J connectivity index is 0. The van der Waals surface area contributed by atoms with Gasteiger partial charge in [0.25, 0.3) is 0 Å². The first-order valence-corrected chi connectivity index (χ1v) is 11.9. The van der Waals surface area contributed by atoms with Crippen molar-refractivity contribution in [2.45, 2.75) is 136 Å². The lowest BCUT2D eigenvalue weighted by Gasteiger charge is -2.03. The van der Waals surface area contributed by atoms with Crippen molar-refractivity contribution >= 4 is 0 Å². The van der Waals surface area contributed by atoms with Gasteiger partial charge in [0.15, 0.2) is 0 Å². The molecule has 0 rings (SSSR count). The summed E-state index contributed by atoms with van der Waals surface area (Å²) in [5.41, 5.74) is 0. The summed E-state index contributed by atoms with van der Waals surface area (Å²) in [6, 6.07) is 0. The number of rotatable bonds is 19. The molecule has 0 aliphatic rings. The van der Waals surface area contributed by atoms with Crippen LogP contribution in [0.3, 0.4) is 0 Å². The van der Waals surface area contributed by atoms with Crippen molar-refractivity contribution < 1.29 is 0 Å². The second kappa shape index (κ2) is 26.7. The first-order chi connectivity index (χ1) is 12.7. The average Bonchev–Trinajstić information content (AvgIpc) is 2.62. The van der Waals surface area contributed by atoms with E-state index in [1.807, 2.05) is 12.2 Å². The monoisotopic (exact) mass is 364 g/mol. The molecule has 0 aliphatic carbocycles. The van der Waals surface area contributed by atoms with E-state index in [1.54, 1.807) is 0 Å². The Hall–Kier alpha value is -0.520. The normalized spacial score (nSPS) is 10.5. The van der Waals surface area contributed by atoms with Crippen LogP contribution in [0, 0.1) is 5.92 Å². The summed E-state index contributed by atoms with van der Waals surface area (Å²) >= 11 is 0. The standard InChI is InChI=1S/C20H40.C6H12/c1-3-5-7-9-11-13-15-17-19-20-18-16-14-12-10-8-6-4-2;1-4-5-6(2)3/h3H,1,4-20H2,2H3;4,6H,1,5H2,2-3H3. The predicted molar refractivity (Wildman–Crippen MR) is 124 cm³/mol. The number of hydrogen-bond acceptors (Lipinski definition) is 0. The lowest BCUT2D eigenvalue weighted by Crippen LogP contribution is -1.83. The fourth-order valence-electron chi connectivity index (χ4n) is 3.17. The van der Waals surface area contributed by atoms with Crippen molar-refractivity contribution in [2.75, 3.05) is 0 Å². The number of allylic oxidation sites excluding steroid dienone is 2. The quantitative estimate of drug-likeness (QED) is 0.158. The lowest BCUT2D eigenvalue weighted by atomic mass is 10.0. The summed E-state index contributed by atoms with van der Waals surface area (Å²) in [6.07, 6.45) is 29.5. The molecule has 0 atom stereocenters. The maximum absolute atomic E-state index is 3.77. The van der Waals surface area contributed by atoms with Crippen LogP contribution < -0.4 is 0 Å². The Bertz CT molecular complexity index is 251. The average molecular weight is 365 g/mol. The fourth-order valence-corrected chi connectivity index (χ4v) is 3.17. The van der Waals surface area contributed by atoms with E-state index in [0.29, 0.717) is 0 Å². The van der Waals surface area contributed by atoms with Gasteiger partial charge in [-0.05, 0) is 25.2 Å². The molecule has 0 N–H and O–H groups in total. The second-order valence-corrected chi connectivity index (χ2v) is 8.30. The van der Waals surface area contributed by atoms with Crippen LogP contribution in [-0.4, -0.2) is 0 Å². The van der Waals surface area contributed by atoms with Crippen molar-refractivity contribution in [1.82, 2.24) is 0 Å². The Kier molecular flexibility index (Phi) is 28.4. The third kappa shape index (κ3) is 31.3. The summed E-state index contributed by atoms with van der Waals surface area (Å²) in [5, 5.41) is 0. The van der Waals surface area contributed by atoms with Crippen LogP contribution in [0.15, 0.2) is 25.3 Å². The van der Waals surface area contributed by atoms with Gasteiger partial charge in [0.05, 0.1) is 0 Å². The topological polar surface area (TPSA) is 0 Å². The van der Waals surface area contributed by atoms with Crippen molar-refractivity contribution in [1.29, 1.82) is 0 Å². The predicted octanol–water partition coefficient (Wildman–Crippen LogP) is 10.0. The number of hydrogen-bond donors (Lipinski definition) is 0. The van der Waals surface area contributed by atoms with Gasteiger partial charge in [-0.3, -0.25) is 0 Å². The molecule has 0 radical (unpaired) electrons. The molecule has 26 heavy (non-hydrogen) atoms. The summed E-state index contributed by atoms with van der Waals surface area (Å²) < 4.78 is 0. The third-order valence-electron chi connectivity index (χ3n) is 4.90. The molecule has 0 aromatic carbocycles. The van der Waals surface area contributed by atoms with Crippen LogP contribution in [0.25, 0.3) is 0 Å². The highest BCUT2D eigenvalue weighted by Crippen LogP contribution is 2.13. The molecule has 0 amide bonds. The number of unbranched alkanes of at least 4 members (excludes halogenated alkanes) is 16. The zero-order valence-corrected chi connectivity index (χ0v) is 18.9. The van der Waals surface area contributed by atoms with E-state index >= 15 is 0 Å². The minimum atomic E-state index is 0.780. The Morgan fingerprint density at radius 3 is 1.12 bits per heavy atom. The highest BCUT2D eigenvalue weighted by Gasteiger charge is 1.94. The van der Waals surface area contributed by atoms with Crippen molar-refractivity contribution in [2.24, 2.45) is 5.92 Å². The van der Waals surface area contributed by atoms with E-state index in [-0.39, 0.29) is 0 Å². The van der Waals surface area contributed by atoms with Crippen LogP contribution in [0.1, 0.15) is 136 Å². The van der Waals surface area contributed by atoms with Crippen LogP contribution in [0.2, 0.25) is 0 Å². The van der Waals surface area contributed by atoms with Crippen molar-refractivity contribution in [3.63, 3.8) is 0 Å². The maximum Gasteiger partial charge on any atom is -0.0330 e.